The topological polar surface area (TPSA) is 61.4 Å². The zero-order chi connectivity index (χ0) is 17.6. The number of halogens is 1. The van der Waals surface area contributed by atoms with Gasteiger partial charge in [-0.1, -0.05) is 24.3 Å². The summed E-state index contributed by atoms with van der Waals surface area (Å²) in [4.78, 5) is 25.9. The van der Waals surface area contributed by atoms with Gasteiger partial charge < -0.3 is 15.5 Å². The lowest BCUT2D eigenvalue weighted by molar-refractivity contribution is -0.120. The molecule has 2 aliphatic rings. The van der Waals surface area contributed by atoms with Gasteiger partial charge in [-0.05, 0) is 42.4 Å². The van der Waals surface area contributed by atoms with Gasteiger partial charge in [0.05, 0.1) is 6.42 Å². The van der Waals surface area contributed by atoms with Gasteiger partial charge in [0, 0.05) is 26.2 Å². The Bertz CT molecular complexity index is 646. The quantitative estimate of drug-likeness (QED) is 0.634. The first kappa shape index (κ1) is 17.5. The van der Waals surface area contributed by atoms with Gasteiger partial charge in [0.15, 0.2) is 0 Å². The van der Waals surface area contributed by atoms with Gasteiger partial charge >= 0.3 is 6.03 Å². The Hall–Kier alpha value is -2.37. The molecule has 5 nitrogen and oxygen atoms in total. The third-order valence-electron chi connectivity index (χ3n) is 4.89. The molecule has 1 saturated heterocycles. The number of likely N-dealkylation sites (tertiary alicyclic amines) is 1. The van der Waals surface area contributed by atoms with E-state index in [0.717, 1.165) is 25.9 Å². The van der Waals surface area contributed by atoms with Crippen LogP contribution >= 0.6 is 0 Å². The summed E-state index contributed by atoms with van der Waals surface area (Å²) in [6.45, 7) is 2.37. The molecule has 1 fully saturated rings. The summed E-state index contributed by atoms with van der Waals surface area (Å²) in [6, 6.07) is 5.94. The van der Waals surface area contributed by atoms with Crippen LogP contribution in [-0.4, -0.2) is 43.0 Å². The van der Waals surface area contributed by atoms with Crippen molar-refractivity contribution in [2.24, 2.45) is 11.8 Å². The zero-order valence-corrected chi connectivity index (χ0v) is 14.2. The van der Waals surface area contributed by atoms with E-state index < -0.39 is 0 Å². The average Bonchev–Trinajstić information content (AvgIpc) is 3.03. The molecule has 0 radical (unpaired) electrons. The molecule has 6 heteroatoms. The highest BCUT2D eigenvalue weighted by Crippen LogP contribution is 2.32. The number of carbonyl (C=O) groups excluding carboxylic acids is 2. The Kier molecular flexibility index (Phi) is 5.68. The first-order valence-electron chi connectivity index (χ1n) is 8.81. The fourth-order valence-electron chi connectivity index (χ4n) is 3.56. The monoisotopic (exact) mass is 345 g/mol. The van der Waals surface area contributed by atoms with E-state index in [1.54, 1.807) is 12.1 Å². The molecule has 0 unspecified atom stereocenters. The second-order valence-corrected chi connectivity index (χ2v) is 6.76. The summed E-state index contributed by atoms with van der Waals surface area (Å²) in [5.74, 6) is 0.639. The van der Waals surface area contributed by atoms with E-state index in [1.165, 1.54) is 12.1 Å². The number of urea groups is 1. The minimum absolute atomic E-state index is 0.0613. The number of nitrogens with zero attached hydrogens (tertiary/aromatic N) is 1. The van der Waals surface area contributed by atoms with Crippen LogP contribution in [-0.2, 0) is 11.2 Å². The lowest BCUT2D eigenvalue weighted by atomic mass is 9.86. The van der Waals surface area contributed by atoms with Crippen LogP contribution in [0.3, 0.4) is 0 Å². The highest BCUT2D eigenvalue weighted by atomic mass is 19.1. The van der Waals surface area contributed by atoms with Crippen LogP contribution in [0.5, 0.6) is 0 Å². The second kappa shape index (κ2) is 8.14. The minimum atomic E-state index is -0.348. The molecule has 2 atom stereocenters. The van der Waals surface area contributed by atoms with Crippen molar-refractivity contribution in [1.82, 2.24) is 15.5 Å². The predicted octanol–water partition coefficient (Wildman–Crippen LogP) is 2.09. The molecule has 1 aromatic rings. The third kappa shape index (κ3) is 4.81. The highest BCUT2D eigenvalue weighted by molar-refractivity contribution is 5.78. The number of hydrogen-bond acceptors (Lipinski definition) is 2. The summed E-state index contributed by atoms with van der Waals surface area (Å²) in [7, 11) is 0. The van der Waals surface area contributed by atoms with Crippen LogP contribution in [0, 0.1) is 17.7 Å². The lowest BCUT2D eigenvalue weighted by Crippen LogP contribution is -2.42. The molecule has 0 aromatic heterocycles. The summed E-state index contributed by atoms with van der Waals surface area (Å²) >= 11 is 0. The van der Waals surface area contributed by atoms with E-state index >= 15 is 0 Å². The maximum atomic E-state index is 13.1. The standard InChI is InChI=1S/C19H24FN3O2/c20-17-7-3-4-14(10-17)11-18(24)21-8-9-22-19(25)23-12-15-5-1-2-6-16(15)13-23/h1-4,7,10,15-16H,5-6,8-9,11-13H2,(H,21,24)(H,22,25)/t15-,16-/m1/s1. The second-order valence-electron chi connectivity index (χ2n) is 6.76. The smallest absolute Gasteiger partial charge is 0.317 e. The minimum Gasteiger partial charge on any atom is -0.354 e. The molecule has 0 bridgehead atoms. The number of benzene rings is 1. The number of rotatable bonds is 5. The van der Waals surface area contributed by atoms with E-state index in [9.17, 15) is 14.0 Å². The van der Waals surface area contributed by atoms with Crippen LogP contribution < -0.4 is 10.6 Å². The predicted molar refractivity (Wildman–Crippen MR) is 93.4 cm³/mol. The molecule has 1 heterocycles. The molecule has 134 valence electrons. The molecular formula is C19H24FN3O2. The Morgan fingerprint density at radius 2 is 1.76 bits per heavy atom. The summed E-state index contributed by atoms with van der Waals surface area (Å²) < 4.78 is 13.1. The summed E-state index contributed by atoms with van der Waals surface area (Å²) in [6.07, 6.45) is 6.66. The average molecular weight is 345 g/mol. The van der Waals surface area contributed by atoms with Crippen LogP contribution in [0.4, 0.5) is 9.18 Å². The number of hydrogen-bond donors (Lipinski definition) is 2. The van der Waals surface area contributed by atoms with Gasteiger partial charge in [-0.3, -0.25) is 4.79 Å². The Labute approximate surface area is 147 Å². The lowest BCUT2D eigenvalue weighted by Gasteiger charge is -2.17. The molecule has 0 saturated carbocycles. The number of allylic oxidation sites excluding steroid dienone is 2. The molecule has 3 amide bonds. The Morgan fingerprint density at radius 1 is 1.08 bits per heavy atom. The Morgan fingerprint density at radius 3 is 2.44 bits per heavy atom. The van der Waals surface area contributed by atoms with E-state index in [1.807, 2.05) is 4.90 Å². The maximum absolute atomic E-state index is 13.1. The molecule has 25 heavy (non-hydrogen) atoms. The van der Waals surface area contributed by atoms with Gasteiger partial charge in [0.2, 0.25) is 5.91 Å². The molecule has 1 aliphatic carbocycles. The van der Waals surface area contributed by atoms with E-state index in [-0.39, 0.29) is 24.2 Å². The van der Waals surface area contributed by atoms with Gasteiger partial charge in [-0.2, -0.15) is 0 Å². The third-order valence-corrected chi connectivity index (χ3v) is 4.89. The summed E-state index contributed by atoms with van der Waals surface area (Å²) in [5.41, 5.74) is 0.634. The van der Waals surface area contributed by atoms with Crippen molar-refractivity contribution in [3.05, 3.63) is 47.8 Å². The first-order valence-corrected chi connectivity index (χ1v) is 8.81. The van der Waals surface area contributed by atoms with Crippen molar-refractivity contribution in [2.45, 2.75) is 19.3 Å². The number of carbonyl (C=O) groups is 2. The summed E-state index contributed by atoms with van der Waals surface area (Å²) in [5, 5.41) is 5.60. The van der Waals surface area contributed by atoms with Crippen LogP contribution in [0.2, 0.25) is 0 Å². The van der Waals surface area contributed by atoms with Crippen molar-refractivity contribution in [2.75, 3.05) is 26.2 Å². The van der Waals surface area contributed by atoms with E-state index in [0.29, 0.717) is 30.5 Å². The number of amides is 3. The highest BCUT2D eigenvalue weighted by Gasteiger charge is 2.34. The van der Waals surface area contributed by atoms with Gasteiger partial charge in [0.1, 0.15) is 5.82 Å². The fourth-order valence-corrected chi connectivity index (χ4v) is 3.56. The molecule has 1 aromatic carbocycles. The zero-order valence-electron chi connectivity index (χ0n) is 14.2. The van der Waals surface area contributed by atoms with Crippen LogP contribution in [0.25, 0.3) is 0 Å². The van der Waals surface area contributed by atoms with Crippen molar-refractivity contribution in [1.29, 1.82) is 0 Å². The van der Waals surface area contributed by atoms with Crippen LogP contribution in [0.1, 0.15) is 18.4 Å². The molecule has 0 spiro atoms. The largest absolute Gasteiger partial charge is 0.354 e. The molecule has 1 aliphatic heterocycles. The molecule has 3 rings (SSSR count). The van der Waals surface area contributed by atoms with Gasteiger partial charge in [-0.15, -0.1) is 0 Å². The van der Waals surface area contributed by atoms with Gasteiger partial charge in [0.25, 0.3) is 0 Å². The van der Waals surface area contributed by atoms with Gasteiger partial charge in [-0.25, -0.2) is 9.18 Å². The molecule has 2 N–H and O–H groups in total. The Balaban J connectivity index is 1.33. The van der Waals surface area contributed by atoms with Crippen molar-refractivity contribution < 1.29 is 14.0 Å². The number of nitrogens with one attached hydrogen (secondary N) is 2. The van der Waals surface area contributed by atoms with Crippen LogP contribution in [0.15, 0.2) is 36.4 Å². The number of fused-ring (bicyclic) bond motifs is 1. The van der Waals surface area contributed by atoms with Crippen molar-refractivity contribution in [3.63, 3.8) is 0 Å². The van der Waals surface area contributed by atoms with Crippen molar-refractivity contribution in [3.8, 4) is 0 Å². The SMILES string of the molecule is O=C(Cc1cccc(F)c1)NCCNC(=O)N1C[C@H]2CC=CC[C@@H]2C1. The fraction of sp³-hybridized carbons (Fsp3) is 0.474. The van der Waals surface area contributed by atoms with Crippen molar-refractivity contribution >= 4 is 11.9 Å². The molecular weight excluding hydrogens is 321 g/mol. The maximum Gasteiger partial charge on any atom is 0.317 e. The normalized spacial score (nSPS) is 21.7. The first-order chi connectivity index (χ1) is 12.1. The van der Waals surface area contributed by atoms with E-state index in [4.69, 9.17) is 0 Å². The van der Waals surface area contributed by atoms with E-state index in [2.05, 4.69) is 22.8 Å².